The molecule has 1 heterocycles. The van der Waals surface area contributed by atoms with Gasteiger partial charge in [-0.2, -0.15) is 0 Å². The molecular weight excluding hydrogens is 204 g/mol. The van der Waals surface area contributed by atoms with Crippen LogP contribution in [0.15, 0.2) is 30.3 Å². The molecule has 3 nitrogen and oxygen atoms in total. The van der Waals surface area contributed by atoms with Crippen molar-refractivity contribution in [3.63, 3.8) is 0 Å². The maximum atomic E-state index is 10.9. The molecule has 1 aliphatic rings. The Labute approximate surface area is 86.6 Å². The van der Waals surface area contributed by atoms with Crippen molar-refractivity contribution in [3.8, 4) is 0 Å². The molecule has 0 aromatic heterocycles. The fourth-order valence-electron chi connectivity index (χ4n) is 1.43. The molecule has 0 spiro atoms. The van der Waals surface area contributed by atoms with E-state index >= 15 is 0 Å². The molecule has 0 amide bonds. The Bertz CT molecular complexity index is 325. The molecule has 0 radical (unpaired) electrons. The van der Waals surface area contributed by atoms with Crippen LogP contribution < -0.4 is 0 Å². The summed E-state index contributed by atoms with van der Waals surface area (Å²) in [5, 5.41) is 0. The molecule has 74 valence electrons. The van der Waals surface area contributed by atoms with Gasteiger partial charge < -0.3 is 9.47 Å². The third-order valence-corrected chi connectivity index (χ3v) is 2.39. The van der Waals surface area contributed by atoms with Crippen LogP contribution >= 0.6 is 11.6 Å². The minimum absolute atomic E-state index is 0.241. The number of carbonyl (C=O) groups excluding carboxylic acids is 1. The van der Waals surface area contributed by atoms with Gasteiger partial charge in [0.05, 0.1) is 5.88 Å². The van der Waals surface area contributed by atoms with Gasteiger partial charge in [-0.25, -0.2) is 4.79 Å². The van der Waals surface area contributed by atoms with Crippen molar-refractivity contribution in [3.05, 3.63) is 35.9 Å². The number of cyclic esters (lactones) is 2. The Kier molecular flexibility index (Phi) is 2.59. The monoisotopic (exact) mass is 212 g/mol. The molecule has 0 aliphatic carbocycles. The molecule has 1 aromatic carbocycles. The molecule has 2 rings (SSSR count). The van der Waals surface area contributed by atoms with Gasteiger partial charge in [0, 0.05) is 0 Å². The molecule has 14 heavy (non-hydrogen) atoms. The molecule has 1 fully saturated rings. The van der Waals surface area contributed by atoms with Crippen LogP contribution in [0.1, 0.15) is 11.7 Å². The molecule has 4 heteroatoms. The van der Waals surface area contributed by atoms with Gasteiger partial charge in [-0.05, 0) is 5.56 Å². The molecule has 1 saturated heterocycles. The molecule has 2 unspecified atom stereocenters. The molecule has 2 atom stereocenters. The van der Waals surface area contributed by atoms with E-state index in [4.69, 9.17) is 21.1 Å². The van der Waals surface area contributed by atoms with Crippen molar-refractivity contribution in [2.24, 2.45) is 0 Å². The van der Waals surface area contributed by atoms with E-state index in [1.165, 1.54) is 0 Å². The first-order valence-corrected chi connectivity index (χ1v) is 4.83. The summed E-state index contributed by atoms with van der Waals surface area (Å²) in [5.41, 5.74) is 0.906. The van der Waals surface area contributed by atoms with E-state index in [-0.39, 0.29) is 18.1 Å². The Morgan fingerprint density at radius 2 is 1.93 bits per heavy atom. The summed E-state index contributed by atoms with van der Waals surface area (Å²) >= 11 is 5.66. The van der Waals surface area contributed by atoms with Gasteiger partial charge >= 0.3 is 6.16 Å². The summed E-state index contributed by atoms with van der Waals surface area (Å²) in [5.74, 6) is 0.241. The molecular formula is C10H9ClO3. The third kappa shape index (κ3) is 1.68. The molecule has 1 aromatic rings. The van der Waals surface area contributed by atoms with Crippen molar-refractivity contribution < 1.29 is 14.3 Å². The molecule has 1 aliphatic heterocycles. The van der Waals surface area contributed by atoms with Crippen LogP contribution in [0.25, 0.3) is 0 Å². The number of ether oxygens (including phenoxy) is 2. The van der Waals surface area contributed by atoms with Crippen LogP contribution in [0.2, 0.25) is 0 Å². The van der Waals surface area contributed by atoms with E-state index in [2.05, 4.69) is 0 Å². The van der Waals surface area contributed by atoms with Gasteiger partial charge in [0.15, 0.2) is 12.2 Å². The highest BCUT2D eigenvalue weighted by Crippen LogP contribution is 2.30. The number of hydrogen-bond acceptors (Lipinski definition) is 3. The first kappa shape index (κ1) is 9.34. The van der Waals surface area contributed by atoms with E-state index < -0.39 is 6.16 Å². The minimum Gasteiger partial charge on any atom is -0.425 e. The zero-order valence-electron chi connectivity index (χ0n) is 7.35. The van der Waals surface area contributed by atoms with Gasteiger partial charge in [-0.3, -0.25) is 0 Å². The third-order valence-electron chi connectivity index (χ3n) is 2.09. The van der Waals surface area contributed by atoms with Crippen molar-refractivity contribution in [1.29, 1.82) is 0 Å². The maximum Gasteiger partial charge on any atom is 0.509 e. The first-order valence-electron chi connectivity index (χ1n) is 4.29. The molecule has 0 bridgehead atoms. The number of rotatable bonds is 2. The summed E-state index contributed by atoms with van der Waals surface area (Å²) in [7, 11) is 0. The highest BCUT2D eigenvalue weighted by atomic mass is 35.5. The normalized spacial score (nSPS) is 25.6. The Balaban J connectivity index is 2.22. The summed E-state index contributed by atoms with van der Waals surface area (Å²) < 4.78 is 9.89. The van der Waals surface area contributed by atoms with Crippen LogP contribution in [0.3, 0.4) is 0 Å². The van der Waals surface area contributed by atoms with E-state index in [1.54, 1.807) is 0 Å². The number of benzene rings is 1. The summed E-state index contributed by atoms with van der Waals surface area (Å²) in [6, 6.07) is 9.43. The SMILES string of the molecule is O=C1OC(CCl)C(c2ccccc2)O1. The average molecular weight is 213 g/mol. The predicted octanol–water partition coefficient (Wildman–Crippen LogP) is 2.50. The van der Waals surface area contributed by atoms with Crippen LogP contribution in [0.5, 0.6) is 0 Å². The Hall–Kier alpha value is -1.22. The fraction of sp³-hybridized carbons (Fsp3) is 0.300. The maximum absolute atomic E-state index is 10.9. The first-order chi connectivity index (χ1) is 6.81. The van der Waals surface area contributed by atoms with Gasteiger partial charge in [-0.1, -0.05) is 30.3 Å². The lowest BCUT2D eigenvalue weighted by molar-refractivity contribution is 0.117. The quantitative estimate of drug-likeness (QED) is 0.558. The topological polar surface area (TPSA) is 35.5 Å². The van der Waals surface area contributed by atoms with Gasteiger partial charge in [-0.15, -0.1) is 11.6 Å². The van der Waals surface area contributed by atoms with Crippen molar-refractivity contribution >= 4 is 17.8 Å². The van der Waals surface area contributed by atoms with E-state index in [0.717, 1.165) is 5.56 Å². The minimum atomic E-state index is -0.649. The number of alkyl halides is 1. The fourth-order valence-corrected chi connectivity index (χ4v) is 1.66. The van der Waals surface area contributed by atoms with Crippen molar-refractivity contribution in [2.75, 3.05) is 5.88 Å². The van der Waals surface area contributed by atoms with Crippen LogP contribution in [-0.2, 0) is 9.47 Å². The Morgan fingerprint density at radius 3 is 2.57 bits per heavy atom. The lowest BCUT2D eigenvalue weighted by Gasteiger charge is -2.12. The highest BCUT2D eigenvalue weighted by molar-refractivity contribution is 6.18. The lowest BCUT2D eigenvalue weighted by atomic mass is 10.1. The Morgan fingerprint density at radius 1 is 1.21 bits per heavy atom. The number of halogens is 1. The molecule has 0 N–H and O–H groups in total. The standard InChI is InChI=1S/C10H9ClO3/c11-6-8-9(14-10(12)13-8)7-4-2-1-3-5-7/h1-5,8-9H,6H2. The summed E-state index contributed by atoms with van der Waals surface area (Å²) in [6.45, 7) is 0. The van der Waals surface area contributed by atoms with E-state index in [9.17, 15) is 4.79 Å². The van der Waals surface area contributed by atoms with Crippen molar-refractivity contribution in [1.82, 2.24) is 0 Å². The van der Waals surface area contributed by atoms with Crippen LogP contribution in [0.4, 0.5) is 4.79 Å². The van der Waals surface area contributed by atoms with Crippen LogP contribution in [0, 0.1) is 0 Å². The van der Waals surface area contributed by atoms with E-state index in [1.807, 2.05) is 30.3 Å². The summed E-state index contributed by atoms with van der Waals surface area (Å²) in [4.78, 5) is 10.9. The van der Waals surface area contributed by atoms with Gasteiger partial charge in [0.2, 0.25) is 0 Å². The largest absolute Gasteiger partial charge is 0.509 e. The summed E-state index contributed by atoms with van der Waals surface area (Å²) in [6.07, 6.45) is -1.41. The smallest absolute Gasteiger partial charge is 0.425 e. The molecule has 0 saturated carbocycles. The highest BCUT2D eigenvalue weighted by Gasteiger charge is 2.36. The zero-order valence-corrected chi connectivity index (χ0v) is 8.11. The van der Waals surface area contributed by atoms with E-state index in [0.29, 0.717) is 0 Å². The number of carbonyl (C=O) groups is 1. The van der Waals surface area contributed by atoms with Crippen molar-refractivity contribution in [2.45, 2.75) is 12.2 Å². The second-order valence-corrected chi connectivity index (χ2v) is 3.32. The van der Waals surface area contributed by atoms with Gasteiger partial charge in [0.1, 0.15) is 0 Å². The number of hydrogen-bond donors (Lipinski definition) is 0. The second-order valence-electron chi connectivity index (χ2n) is 3.01. The lowest BCUT2D eigenvalue weighted by Crippen LogP contribution is -2.16. The van der Waals surface area contributed by atoms with Gasteiger partial charge in [0.25, 0.3) is 0 Å². The van der Waals surface area contributed by atoms with Crippen LogP contribution in [-0.4, -0.2) is 18.1 Å². The zero-order chi connectivity index (χ0) is 9.97. The second kappa shape index (κ2) is 3.88. The average Bonchev–Trinajstić information content (AvgIpc) is 2.61. The predicted molar refractivity (Wildman–Crippen MR) is 51.3 cm³/mol.